The van der Waals surface area contributed by atoms with Crippen LogP contribution in [0.5, 0.6) is 0 Å². The standard InChI is InChI=1S/C15H19BrN2O/c16-14-10-18(15-4-2-1-3-13(14)15)7-6-17-9-12-5-8-19-11-12/h1-4,10,12,17H,5-9,11H2. The van der Waals surface area contributed by atoms with E-state index in [0.717, 1.165) is 32.8 Å². The first-order chi connectivity index (χ1) is 9.34. The van der Waals surface area contributed by atoms with Gasteiger partial charge in [-0.25, -0.2) is 0 Å². The fourth-order valence-corrected chi connectivity index (χ4v) is 3.22. The van der Waals surface area contributed by atoms with E-state index in [-0.39, 0.29) is 0 Å². The second-order valence-corrected chi connectivity index (χ2v) is 5.98. The molecule has 102 valence electrons. The second kappa shape index (κ2) is 6.07. The number of benzene rings is 1. The summed E-state index contributed by atoms with van der Waals surface area (Å²) >= 11 is 3.62. The van der Waals surface area contributed by atoms with Crippen LogP contribution in [0.25, 0.3) is 10.9 Å². The maximum Gasteiger partial charge on any atom is 0.0507 e. The van der Waals surface area contributed by atoms with Gasteiger partial charge in [0.2, 0.25) is 0 Å². The van der Waals surface area contributed by atoms with Crippen molar-refractivity contribution in [1.29, 1.82) is 0 Å². The Morgan fingerprint density at radius 1 is 1.37 bits per heavy atom. The zero-order chi connectivity index (χ0) is 13.1. The number of aromatic nitrogens is 1. The van der Waals surface area contributed by atoms with Gasteiger partial charge in [0.05, 0.1) is 6.61 Å². The largest absolute Gasteiger partial charge is 0.381 e. The van der Waals surface area contributed by atoms with Gasteiger partial charge >= 0.3 is 0 Å². The highest BCUT2D eigenvalue weighted by Gasteiger charge is 2.14. The van der Waals surface area contributed by atoms with E-state index in [1.54, 1.807) is 0 Å². The van der Waals surface area contributed by atoms with Crippen molar-refractivity contribution in [2.75, 3.05) is 26.3 Å². The minimum Gasteiger partial charge on any atom is -0.381 e. The molecule has 0 saturated carbocycles. The number of halogens is 1. The van der Waals surface area contributed by atoms with Gasteiger partial charge in [-0.15, -0.1) is 0 Å². The summed E-state index contributed by atoms with van der Waals surface area (Å²) in [6, 6.07) is 8.49. The highest BCUT2D eigenvalue weighted by molar-refractivity contribution is 9.10. The molecule has 0 bridgehead atoms. The van der Waals surface area contributed by atoms with Crippen molar-refractivity contribution in [2.24, 2.45) is 5.92 Å². The predicted molar refractivity (Wildman–Crippen MR) is 81.4 cm³/mol. The number of fused-ring (bicyclic) bond motifs is 1. The van der Waals surface area contributed by atoms with Crippen LogP contribution in [0.1, 0.15) is 6.42 Å². The van der Waals surface area contributed by atoms with Crippen molar-refractivity contribution < 1.29 is 4.74 Å². The average Bonchev–Trinajstić information content (AvgIpc) is 3.04. The molecule has 2 aromatic rings. The molecule has 1 aromatic heterocycles. The predicted octanol–water partition coefficient (Wildman–Crippen LogP) is 3.03. The number of ether oxygens (including phenoxy) is 1. The van der Waals surface area contributed by atoms with E-state index in [1.807, 2.05) is 0 Å². The number of nitrogens with zero attached hydrogens (tertiary/aromatic N) is 1. The molecule has 0 radical (unpaired) electrons. The molecule has 1 unspecified atom stereocenters. The molecule has 0 aliphatic carbocycles. The quantitative estimate of drug-likeness (QED) is 0.856. The summed E-state index contributed by atoms with van der Waals surface area (Å²) in [6.07, 6.45) is 3.37. The number of para-hydroxylation sites is 1. The smallest absolute Gasteiger partial charge is 0.0507 e. The molecule has 0 spiro atoms. The van der Waals surface area contributed by atoms with Gasteiger partial charge in [-0.05, 0) is 34.3 Å². The highest BCUT2D eigenvalue weighted by Crippen LogP contribution is 2.25. The monoisotopic (exact) mass is 322 g/mol. The average molecular weight is 323 g/mol. The summed E-state index contributed by atoms with van der Waals surface area (Å²) < 4.78 is 8.86. The Hall–Kier alpha value is -0.840. The number of rotatable bonds is 5. The zero-order valence-electron chi connectivity index (χ0n) is 10.9. The van der Waals surface area contributed by atoms with Crippen LogP contribution in [-0.2, 0) is 11.3 Å². The van der Waals surface area contributed by atoms with Gasteiger partial charge in [0, 0.05) is 47.8 Å². The Morgan fingerprint density at radius 3 is 3.11 bits per heavy atom. The summed E-state index contributed by atoms with van der Waals surface area (Å²) in [5, 5.41) is 4.82. The van der Waals surface area contributed by atoms with Crippen LogP contribution in [0, 0.1) is 5.92 Å². The van der Waals surface area contributed by atoms with Gasteiger partial charge in [0.1, 0.15) is 0 Å². The van der Waals surface area contributed by atoms with Crippen LogP contribution >= 0.6 is 15.9 Å². The summed E-state index contributed by atoms with van der Waals surface area (Å²) in [4.78, 5) is 0. The van der Waals surface area contributed by atoms with Crippen LogP contribution in [0.2, 0.25) is 0 Å². The van der Waals surface area contributed by atoms with Crippen LogP contribution in [-0.4, -0.2) is 30.9 Å². The summed E-state index contributed by atoms with van der Waals surface area (Å²) in [5.74, 6) is 0.702. The van der Waals surface area contributed by atoms with Gasteiger partial charge in [-0.3, -0.25) is 0 Å². The summed E-state index contributed by atoms with van der Waals surface area (Å²) in [5.41, 5.74) is 1.29. The second-order valence-electron chi connectivity index (χ2n) is 5.12. The van der Waals surface area contributed by atoms with Crippen molar-refractivity contribution in [3.05, 3.63) is 34.9 Å². The molecule has 19 heavy (non-hydrogen) atoms. The third-order valence-electron chi connectivity index (χ3n) is 3.73. The molecule has 1 aliphatic heterocycles. The lowest BCUT2D eigenvalue weighted by Crippen LogP contribution is -2.26. The van der Waals surface area contributed by atoms with Crippen molar-refractivity contribution in [2.45, 2.75) is 13.0 Å². The van der Waals surface area contributed by atoms with Gasteiger partial charge < -0.3 is 14.6 Å². The van der Waals surface area contributed by atoms with E-state index >= 15 is 0 Å². The minimum absolute atomic E-state index is 0.702. The molecular weight excluding hydrogens is 304 g/mol. The lowest BCUT2D eigenvalue weighted by atomic mass is 10.1. The zero-order valence-corrected chi connectivity index (χ0v) is 12.5. The Morgan fingerprint density at radius 2 is 2.26 bits per heavy atom. The SMILES string of the molecule is Brc1cn(CCNCC2CCOC2)c2ccccc12. The van der Waals surface area contributed by atoms with E-state index in [2.05, 4.69) is 56.3 Å². The van der Waals surface area contributed by atoms with Crippen LogP contribution in [0.3, 0.4) is 0 Å². The molecule has 2 heterocycles. The van der Waals surface area contributed by atoms with Crippen molar-refractivity contribution in [3.63, 3.8) is 0 Å². The Labute approximate surface area is 122 Å². The first kappa shape index (κ1) is 13.2. The van der Waals surface area contributed by atoms with Gasteiger partial charge in [-0.2, -0.15) is 0 Å². The Kier molecular flexibility index (Phi) is 4.21. The van der Waals surface area contributed by atoms with E-state index in [0.29, 0.717) is 5.92 Å². The minimum atomic E-state index is 0.702. The lowest BCUT2D eigenvalue weighted by molar-refractivity contribution is 0.185. The third-order valence-corrected chi connectivity index (χ3v) is 4.36. The lowest BCUT2D eigenvalue weighted by Gasteiger charge is -2.10. The number of nitrogens with one attached hydrogen (secondary N) is 1. The molecule has 1 N–H and O–H groups in total. The van der Waals surface area contributed by atoms with Crippen LogP contribution < -0.4 is 5.32 Å². The molecule has 4 heteroatoms. The molecule has 1 aliphatic rings. The van der Waals surface area contributed by atoms with Gasteiger partial charge in [0.15, 0.2) is 0 Å². The fraction of sp³-hybridized carbons (Fsp3) is 0.467. The van der Waals surface area contributed by atoms with Crippen LogP contribution in [0.15, 0.2) is 34.9 Å². The molecular formula is C15H19BrN2O. The molecule has 1 atom stereocenters. The first-order valence-electron chi connectivity index (χ1n) is 6.86. The Bertz CT molecular complexity index is 546. The molecule has 0 amide bonds. The Balaban J connectivity index is 1.56. The normalized spacial score (nSPS) is 19.3. The molecule has 3 rings (SSSR count). The molecule has 1 saturated heterocycles. The fourth-order valence-electron chi connectivity index (χ4n) is 2.64. The van der Waals surface area contributed by atoms with Crippen LogP contribution in [0.4, 0.5) is 0 Å². The topological polar surface area (TPSA) is 26.2 Å². The number of hydrogen-bond donors (Lipinski definition) is 1. The highest BCUT2D eigenvalue weighted by atomic mass is 79.9. The van der Waals surface area contributed by atoms with Gasteiger partial charge in [0.25, 0.3) is 0 Å². The van der Waals surface area contributed by atoms with E-state index < -0.39 is 0 Å². The molecule has 3 nitrogen and oxygen atoms in total. The summed E-state index contributed by atoms with van der Waals surface area (Å²) in [6.45, 7) is 4.92. The van der Waals surface area contributed by atoms with E-state index in [9.17, 15) is 0 Å². The van der Waals surface area contributed by atoms with E-state index in [1.165, 1.54) is 21.8 Å². The van der Waals surface area contributed by atoms with Crippen molar-refractivity contribution in [1.82, 2.24) is 9.88 Å². The van der Waals surface area contributed by atoms with E-state index in [4.69, 9.17) is 4.74 Å². The van der Waals surface area contributed by atoms with Crippen molar-refractivity contribution in [3.8, 4) is 0 Å². The number of hydrogen-bond acceptors (Lipinski definition) is 2. The van der Waals surface area contributed by atoms with Gasteiger partial charge in [-0.1, -0.05) is 18.2 Å². The maximum absolute atomic E-state index is 5.38. The summed E-state index contributed by atoms with van der Waals surface area (Å²) in [7, 11) is 0. The third kappa shape index (κ3) is 3.02. The molecule has 1 fully saturated rings. The first-order valence-corrected chi connectivity index (χ1v) is 7.66. The molecule has 1 aromatic carbocycles. The maximum atomic E-state index is 5.38. The van der Waals surface area contributed by atoms with Crippen molar-refractivity contribution >= 4 is 26.8 Å².